The Morgan fingerprint density at radius 3 is 2.93 bits per heavy atom. The Kier molecular flexibility index (Phi) is 5.47. The molecule has 1 aromatic carbocycles. The Hall–Kier alpha value is -2.58. The number of esters is 1. The second kappa shape index (κ2) is 8.04. The van der Waals surface area contributed by atoms with Crippen molar-refractivity contribution in [3.63, 3.8) is 0 Å². The van der Waals surface area contributed by atoms with E-state index < -0.39 is 5.97 Å². The first-order chi connectivity index (χ1) is 13.9. The van der Waals surface area contributed by atoms with Gasteiger partial charge >= 0.3 is 5.97 Å². The van der Waals surface area contributed by atoms with E-state index >= 15 is 0 Å². The largest absolute Gasteiger partial charge is 0.452 e. The average Bonchev–Trinajstić information content (AvgIpc) is 3.35. The van der Waals surface area contributed by atoms with Gasteiger partial charge in [-0.05, 0) is 43.2 Å². The quantitative estimate of drug-likeness (QED) is 0.733. The van der Waals surface area contributed by atoms with Crippen molar-refractivity contribution in [3.05, 3.63) is 45.1 Å². The number of carbonyl (C=O) groups is 3. The number of carbonyl (C=O) groups excluding carboxylic acids is 3. The number of benzene rings is 1. The van der Waals surface area contributed by atoms with E-state index in [2.05, 4.69) is 10.2 Å². The van der Waals surface area contributed by atoms with E-state index in [4.69, 9.17) is 16.3 Å². The number of likely N-dealkylation sites (N-methyl/N-ethyl adjacent to an activating group) is 1. The Labute approximate surface area is 177 Å². The molecule has 4 rings (SSSR count). The summed E-state index contributed by atoms with van der Waals surface area (Å²) in [6.07, 6.45) is 1.80. The molecule has 3 heterocycles. The molecule has 1 saturated heterocycles. The molecule has 2 aromatic rings. The van der Waals surface area contributed by atoms with E-state index in [-0.39, 0.29) is 24.5 Å². The summed E-state index contributed by atoms with van der Waals surface area (Å²) in [5.41, 5.74) is 1.80. The summed E-state index contributed by atoms with van der Waals surface area (Å²) in [7, 11) is 1.64. The molecule has 0 bridgehead atoms. The summed E-state index contributed by atoms with van der Waals surface area (Å²) in [6, 6.07) is 8.58. The lowest BCUT2D eigenvalue weighted by atomic mass is 10.1. The maximum atomic E-state index is 12.4. The zero-order chi connectivity index (χ0) is 20.5. The highest BCUT2D eigenvalue weighted by Gasteiger charge is 2.36. The molecule has 29 heavy (non-hydrogen) atoms. The minimum Gasteiger partial charge on any atom is -0.452 e. The fourth-order valence-electron chi connectivity index (χ4n) is 3.64. The molecule has 7 nitrogen and oxygen atoms in total. The van der Waals surface area contributed by atoms with Gasteiger partial charge in [-0.25, -0.2) is 4.79 Å². The van der Waals surface area contributed by atoms with Crippen LogP contribution in [0.25, 0.3) is 0 Å². The van der Waals surface area contributed by atoms with Gasteiger partial charge in [-0.1, -0.05) is 11.6 Å². The number of ether oxygens (including phenoxy) is 1. The average molecular weight is 434 g/mol. The molecule has 0 radical (unpaired) electrons. The monoisotopic (exact) mass is 433 g/mol. The van der Waals surface area contributed by atoms with Crippen molar-refractivity contribution in [2.45, 2.75) is 25.4 Å². The summed E-state index contributed by atoms with van der Waals surface area (Å²) in [4.78, 5) is 41.4. The number of thiophene rings is 1. The van der Waals surface area contributed by atoms with Gasteiger partial charge in [0.1, 0.15) is 6.04 Å². The van der Waals surface area contributed by atoms with Crippen LogP contribution in [0.15, 0.2) is 30.3 Å². The third-order valence-electron chi connectivity index (χ3n) is 5.13. The zero-order valence-corrected chi connectivity index (χ0v) is 17.4. The van der Waals surface area contributed by atoms with Crippen molar-refractivity contribution < 1.29 is 19.1 Å². The molecule has 0 aliphatic carbocycles. The third kappa shape index (κ3) is 4.09. The van der Waals surface area contributed by atoms with E-state index in [9.17, 15) is 14.4 Å². The fraction of sp³-hybridized carbons (Fsp3) is 0.350. The smallest absolute Gasteiger partial charge is 0.338 e. The van der Waals surface area contributed by atoms with Crippen molar-refractivity contribution in [1.29, 1.82) is 0 Å². The van der Waals surface area contributed by atoms with Crippen LogP contribution in [0.5, 0.6) is 0 Å². The van der Waals surface area contributed by atoms with Gasteiger partial charge in [-0.2, -0.15) is 0 Å². The van der Waals surface area contributed by atoms with Crippen LogP contribution in [0.2, 0.25) is 4.34 Å². The molecule has 9 heteroatoms. The molecule has 0 saturated carbocycles. The van der Waals surface area contributed by atoms with E-state index in [1.165, 1.54) is 16.2 Å². The molecule has 2 aliphatic rings. The van der Waals surface area contributed by atoms with E-state index in [1.54, 1.807) is 25.2 Å². The van der Waals surface area contributed by atoms with Crippen molar-refractivity contribution in [3.8, 4) is 0 Å². The highest BCUT2D eigenvalue weighted by atomic mass is 35.5. The van der Waals surface area contributed by atoms with Gasteiger partial charge in [0.2, 0.25) is 5.91 Å². The fourth-order valence-corrected chi connectivity index (χ4v) is 4.78. The number of anilines is 2. The van der Waals surface area contributed by atoms with Gasteiger partial charge in [0, 0.05) is 18.5 Å². The lowest BCUT2D eigenvalue weighted by molar-refractivity contribution is -0.133. The van der Waals surface area contributed by atoms with Crippen molar-refractivity contribution >= 4 is 52.1 Å². The van der Waals surface area contributed by atoms with Crippen molar-refractivity contribution in [1.82, 2.24) is 4.90 Å². The van der Waals surface area contributed by atoms with Gasteiger partial charge in [-0.3, -0.25) is 9.59 Å². The summed E-state index contributed by atoms with van der Waals surface area (Å²) in [5, 5.41) is 2.87. The molecule has 2 aliphatic heterocycles. The lowest BCUT2D eigenvalue weighted by Gasteiger charge is -2.33. The topological polar surface area (TPSA) is 79.0 Å². The molecule has 0 spiro atoms. The van der Waals surface area contributed by atoms with E-state index in [1.807, 2.05) is 12.1 Å². The van der Waals surface area contributed by atoms with E-state index in [0.29, 0.717) is 22.1 Å². The van der Waals surface area contributed by atoms with Crippen LogP contribution in [-0.2, 0) is 20.9 Å². The minimum absolute atomic E-state index is 0.0500. The van der Waals surface area contributed by atoms with Gasteiger partial charge in [0.15, 0.2) is 6.61 Å². The van der Waals surface area contributed by atoms with Crippen molar-refractivity contribution in [2.24, 2.45) is 0 Å². The number of nitrogens with zero attached hydrogens (tertiary/aromatic N) is 2. The van der Waals surface area contributed by atoms with Crippen LogP contribution >= 0.6 is 22.9 Å². The number of hydrogen-bond acceptors (Lipinski definition) is 6. The molecule has 1 atom stereocenters. The molecular weight excluding hydrogens is 414 g/mol. The summed E-state index contributed by atoms with van der Waals surface area (Å²) in [6.45, 7) is 0.868. The number of amides is 2. The normalized spacial score (nSPS) is 17.4. The predicted molar refractivity (Wildman–Crippen MR) is 112 cm³/mol. The molecular formula is C20H20ClN3O4S. The number of hydrogen-bond donors (Lipinski definition) is 1. The van der Waals surface area contributed by atoms with Crippen LogP contribution in [0, 0.1) is 0 Å². The Morgan fingerprint density at radius 1 is 1.34 bits per heavy atom. The van der Waals surface area contributed by atoms with Gasteiger partial charge < -0.3 is 19.9 Å². The van der Waals surface area contributed by atoms with Crippen LogP contribution in [0.3, 0.4) is 0 Å². The molecule has 2 amide bonds. The number of halogens is 1. The minimum atomic E-state index is -0.605. The Morgan fingerprint density at radius 2 is 2.17 bits per heavy atom. The highest BCUT2D eigenvalue weighted by Crippen LogP contribution is 2.37. The Bertz CT molecular complexity index is 976. The standard InChI is InChI=1S/C20H20ClN3O4S/c1-23(10-13-5-7-17(21)29-13)18(25)11-28-20(27)12-4-6-15-14(9-12)22-19(26)16-3-2-8-24(15)16/h4-7,9,16H,2-3,8,10-11H2,1H3,(H,22,26)/t16-/m1/s1. The number of rotatable bonds is 5. The van der Waals surface area contributed by atoms with Crippen LogP contribution in [0.4, 0.5) is 11.4 Å². The third-order valence-corrected chi connectivity index (χ3v) is 6.35. The molecule has 152 valence electrons. The summed E-state index contributed by atoms with van der Waals surface area (Å²) < 4.78 is 5.84. The SMILES string of the molecule is CN(Cc1ccc(Cl)s1)C(=O)COC(=O)c1ccc2c(c1)NC(=O)[C@H]1CCCN21. The van der Waals surface area contributed by atoms with Crippen LogP contribution in [-0.4, -0.2) is 48.9 Å². The second-order valence-electron chi connectivity index (χ2n) is 7.10. The molecule has 1 aromatic heterocycles. The first kappa shape index (κ1) is 19.7. The first-order valence-corrected chi connectivity index (χ1v) is 10.5. The maximum Gasteiger partial charge on any atom is 0.338 e. The van der Waals surface area contributed by atoms with Gasteiger partial charge in [0.25, 0.3) is 5.91 Å². The van der Waals surface area contributed by atoms with E-state index in [0.717, 1.165) is 30.0 Å². The zero-order valence-electron chi connectivity index (χ0n) is 15.8. The second-order valence-corrected chi connectivity index (χ2v) is 8.90. The maximum absolute atomic E-state index is 12.4. The molecule has 1 fully saturated rings. The first-order valence-electron chi connectivity index (χ1n) is 9.29. The summed E-state index contributed by atoms with van der Waals surface area (Å²) in [5.74, 6) is -0.966. The lowest BCUT2D eigenvalue weighted by Crippen LogP contribution is -2.43. The predicted octanol–water partition coefficient (Wildman–Crippen LogP) is 3.14. The Balaban J connectivity index is 1.37. The number of fused-ring (bicyclic) bond motifs is 3. The summed E-state index contributed by atoms with van der Waals surface area (Å²) >= 11 is 7.30. The van der Waals surface area contributed by atoms with Gasteiger partial charge in [0.05, 0.1) is 27.8 Å². The number of nitrogens with one attached hydrogen (secondary N) is 1. The van der Waals surface area contributed by atoms with Crippen LogP contribution in [0.1, 0.15) is 28.1 Å². The highest BCUT2D eigenvalue weighted by molar-refractivity contribution is 7.16. The molecule has 1 N–H and O–H groups in total. The van der Waals surface area contributed by atoms with Gasteiger partial charge in [-0.15, -0.1) is 11.3 Å². The van der Waals surface area contributed by atoms with Crippen LogP contribution < -0.4 is 10.2 Å². The molecule has 0 unspecified atom stereocenters. The van der Waals surface area contributed by atoms with Crippen molar-refractivity contribution in [2.75, 3.05) is 30.4 Å².